The first-order chi connectivity index (χ1) is 17.3. The van der Waals surface area contributed by atoms with Gasteiger partial charge in [0, 0.05) is 16.6 Å². The number of aliphatic hydroxyl groups is 1. The van der Waals surface area contributed by atoms with E-state index in [4.69, 9.17) is 10.5 Å². The van der Waals surface area contributed by atoms with Gasteiger partial charge in [-0.05, 0) is 55.3 Å². The number of hydrogen-bond donors (Lipinski definition) is 3. The van der Waals surface area contributed by atoms with Gasteiger partial charge in [-0.1, -0.05) is 18.2 Å². The molecule has 7 nitrogen and oxygen atoms in total. The van der Waals surface area contributed by atoms with Crippen molar-refractivity contribution in [1.82, 2.24) is 9.97 Å². The summed E-state index contributed by atoms with van der Waals surface area (Å²) in [4.78, 5) is 21.0. The van der Waals surface area contributed by atoms with E-state index in [2.05, 4.69) is 15.3 Å². The molecule has 0 spiro atoms. The number of primary amides is 1. The van der Waals surface area contributed by atoms with Crippen LogP contribution in [0.3, 0.4) is 0 Å². The van der Waals surface area contributed by atoms with Gasteiger partial charge in [-0.2, -0.15) is 0 Å². The molecule has 36 heavy (non-hydrogen) atoms. The Labute approximate surface area is 210 Å². The maximum atomic E-state index is 14.8. The molecule has 3 aromatic heterocycles. The van der Waals surface area contributed by atoms with Crippen molar-refractivity contribution in [3.05, 3.63) is 94.9 Å². The number of halogens is 2. The van der Waals surface area contributed by atoms with Crippen LogP contribution in [0.2, 0.25) is 0 Å². The van der Waals surface area contributed by atoms with Crippen molar-refractivity contribution in [2.24, 2.45) is 5.73 Å². The number of aliphatic hydroxyl groups excluding tert-OH is 1. The predicted molar refractivity (Wildman–Crippen MR) is 134 cm³/mol. The number of pyridine rings is 2. The maximum Gasteiger partial charge on any atom is 0.251 e. The quantitative estimate of drug-likeness (QED) is 0.278. The van der Waals surface area contributed by atoms with Gasteiger partial charge in [0.1, 0.15) is 28.1 Å². The summed E-state index contributed by atoms with van der Waals surface area (Å²) < 4.78 is 34.1. The van der Waals surface area contributed by atoms with Gasteiger partial charge in [-0.3, -0.25) is 9.78 Å². The largest absolute Gasteiger partial charge is 0.393 e. The first-order valence-corrected chi connectivity index (χ1v) is 11.9. The van der Waals surface area contributed by atoms with Gasteiger partial charge >= 0.3 is 0 Å². The summed E-state index contributed by atoms with van der Waals surface area (Å²) in [5.74, 6) is -1.13. The summed E-state index contributed by atoms with van der Waals surface area (Å²) in [7, 11) is 0. The highest BCUT2D eigenvalue weighted by Crippen LogP contribution is 2.38. The zero-order valence-electron chi connectivity index (χ0n) is 19.4. The fourth-order valence-corrected chi connectivity index (χ4v) is 4.65. The van der Waals surface area contributed by atoms with E-state index in [1.54, 1.807) is 37.3 Å². The molecule has 1 aromatic carbocycles. The topological polar surface area (TPSA) is 110 Å². The molecular weight excluding hydrogens is 486 g/mol. The Kier molecular flexibility index (Phi) is 7.99. The molecule has 1 amide bonds. The molecule has 4 N–H and O–H groups in total. The van der Waals surface area contributed by atoms with E-state index in [1.807, 2.05) is 0 Å². The molecule has 0 radical (unpaired) electrons. The predicted octanol–water partition coefficient (Wildman–Crippen LogP) is 4.97. The Morgan fingerprint density at radius 3 is 2.69 bits per heavy atom. The monoisotopic (exact) mass is 510 g/mol. The number of nitrogens with one attached hydrogen (secondary N) is 1. The molecule has 4 rings (SSSR count). The van der Waals surface area contributed by atoms with Crippen LogP contribution in [0, 0.1) is 11.6 Å². The molecule has 0 saturated carbocycles. The molecular formula is C26H24F2N4O3S. The van der Waals surface area contributed by atoms with E-state index < -0.39 is 23.6 Å². The number of rotatable bonds is 10. The normalized spacial score (nSPS) is 11.9. The summed E-state index contributed by atoms with van der Waals surface area (Å²) in [6, 6.07) is 14.3. The van der Waals surface area contributed by atoms with Gasteiger partial charge in [0.2, 0.25) is 0 Å². The Balaban J connectivity index is 1.50. The number of carbonyl (C=O) groups excluding carboxylic acids is 1. The Bertz CT molecular complexity index is 1380. The van der Waals surface area contributed by atoms with Crippen molar-refractivity contribution in [3.63, 3.8) is 0 Å². The fraction of sp³-hybridized carbons (Fsp3) is 0.192. The third kappa shape index (κ3) is 6.28. The summed E-state index contributed by atoms with van der Waals surface area (Å²) in [5, 5.41) is 13.0. The molecule has 0 bridgehead atoms. The number of nitrogens with zero attached hydrogens (tertiary/aromatic N) is 2. The molecule has 1 unspecified atom stereocenters. The number of thiophene rings is 1. The lowest BCUT2D eigenvalue weighted by atomic mass is 10.0. The third-order valence-corrected chi connectivity index (χ3v) is 6.28. The van der Waals surface area contributed by atoms with Crippen LogP contribution in [0.1, 0.15) is 34.2 Å². The molecule has 0 fully saturated rings. The average Bonchev–Trinajstić information content (AvgIpc) is 3.24. The fourth-order valence-electron chi connectivity index (χ4n) is 3.55. The van der Waals surface area contributed by atoms with Crippen LogP contribution in [0.4, 0.5) is 19.6 Å². The van der Waals surface area contributed by atoms with Crippen LogP contribution in [0.25, 0.3) is 10.4 Å². The van der Waals surface area contributed by atoms with Crippen molar-refractivity contribution in [2.75, 3.05) is 5.32 Å². The minimum Gasteiger partial charge on any atom is -0.393 e. The van der Waals surface area contributed by atoms with Crippen LogP contribution in [-0.4, -0.2) is 27.1 Å². The SMILES string of the molecule is CC(O)Cc1ccc(-c2cc(C(N)=O)c(Nc3cccc(COCc4ncccc4F)n3)s2)c(F)c1. The standard InChI is InChI=1S/C26H24F2N4O3S/c1-15(33)10-16-7-8-18(21(28)11-16)23-12-19(25(29)34)26(36-23)32-24-6-2-4-17(31-24)13-35-14-22-20(27)5-3-9-30-22/h2-9,11-12,15,33H,10,13-14H2,1H3,(H2,29,34)(H,31,32). The highest BCUT2D eigenvalue weighted by atomic mass is 32.1. The number of anilines is 2. The highest BCUT2D eigenvalue weighted by molar-refractivity contribution is 7.19. The van der Waals surface area contributed by atoms with E-state index in [0.29, 0.717) is 38.9 Å². The Hall–Kier alpha value is -3.73. The van der Waals surface area contributed by atoms with E-state index >= 15 is 0 Å². The summed E-state index contributed by atoms with van der Waals surface area (Å²) in [5.41, 5.74) is 7.55. The summed E-state index contributed by atoms with van der Waals surface area (Å²) >= 11 is 1.17. The zero-order chi connectivity index (χ0) is 25.7. The van der Waals surface area contributed by atoms with Crippen molar-refractivity contribution < 1.29 is 23.4 Å². The van der Waals surface area contributed by atoms with Crippen molar-refractivity contribution in [1.29, 1.82) is 0 Å². The second kappa shape index (κ2) is 11.3. The van der Waals surface area contributed by atoms with E-state index in [1.165, 1.54) is 41.8 Å². The second-order valence-electron chi connectivity index (χ2n) is 8.15. The average molecular weight is 511 g/mol. The smallest absolute Gasteiger partial charge is 0.251 e. The maximum absolute atomic E-state index is 14.8. The van der Waals surface area contributed by atoms with E-state index in [-0.39, 0.29) is 24.5 Å². The molecule has 1 atom stereocenters. The van der Waals surface area contributed by atoms with Crippen LogP contribution >= 0.6 is 11.3 Å². The molecule has 0 aliphatic rings. The number of amides is 1. The minimum absolute atomic E-state index is 0.00626. The van der Waals surface area contributed by atoms with Gasteiger partial charge in [-0.25, -0.2) is 13.8 Å². The van der Waals surface area contributed by atoms with E-state index in [0.717, 1.165) is 0 Å². The molecule has 4 aromatic rings. The molecule has 3 heterocycles. The summed E-state index contributed by atoms with van der Waals surface area (Å²) in [6.07, 6.45) is 1.24. The van der Waals surface area contributed by atoms with E-state index in [9.17, 15) is 18.7 Å². The number of hydrogen-bond acceptors (Lipinski definition) is 7. The lowest BCUT2D eigenvalue weighted by molar-refractivity contribution is 0.0994. The molecule has 0 saturated heterocycles. The van der Waals surface area contributed by atoms with Crippen LogP contribution < -0.4 is 11.1 Å². The molecule has 10 heteroatoms. The number of aromatic nitrogens is 2. The van der Waals surface area contributed by atoms with Crippen molar-refractivity contribution in [3.8, 4) is 10.4 Å². The number of ether oxygens (including phenoxy) is 1. The lowest BCUT2D eigenvalue weighted by Crippen LogP contribution is -2.11. The zero-order valence-corrected chi connectivity index (χ0v) is 20.2. The highest BCUT2D eigenvalue weighted by Gasteiger charge is 2.18. The third-order valence-electron chi connectivity index (χ3n) is 5.20. The minimum atomic E-state index is -0.664. The van der Waals surface area contributed by atoms with Crippen LogP contribution in [0.15, 0.2) is 60.8 Å². The van der Waals surface area contributed by atoms with Gasteiger partial charge < -0.3 is 20.9 Å². The van der Waals surface area contributed by atoms with Gasteiger partial charge in [0.15, 0.2) is 0 Å². The number of benzene rings is 1. The van der Waals surface area contributed by atoms with Crippen molar-refractivity contribution in [2.45, 2.75) is 32.7 Å². The van der Waals surface area contributed by atoms with Gasteiger partial charge in [0.05, 0.1) is 30.6 Å². The molecule has 0 aliphatic heterocycles. The van der Waals surface area contributed by atoms with Gasteiger partial charge in [-0.15, -0.1) is 11.3 Å². The first-order valence-electron chi connectivity index (χ1n) is 11.1. The van der Waals surface area contributed by atoms with Gasteiger partial charge in [0.25, 0.3) is 5.91 Å². The Morgan fingerprint density at radius 1 is 1.14 bits per heavy atom. The number of carbonyl (C=O) groups is 1. The summed E-state index contributed by atoms with van der Waals surface area (Å²) in [6.45, 7) is 1.75. The van der Waals surface area contributed by atoms with Crippen LogP contribution in [0.5, 0.6) is 0 Å². The first kappa shape index (κ1) is 25.4. The number of nitrogens with two attached hydrogens (primary N) is 1. The lowest BCUT2D eigenvalue weighted by Gasteiger charge is -2.08. The van der Waals surface area contributed by atoms with Crippen molar-refractivity contribution >= 4 is 28.1 Å². The molecule has 186 valence electrons. The Morgan fingerprint density at radius 2 is 1.97 bits per heavy atom. The molecule has 0 aliphatic carbocycles. The van der Waals surface area contributed by atoms with Crippen LogP contribution in [-0.2, 0) is 24.4 Å². The second-order valence-corrected chi connectivity index (χ2v) is 9.20.